The second-order valence-corrected chi connectivity index (χ2v) is 2.25. The van der Waals surface area contributed by atoms with Crippen LogP contribution >= 0.6 is 0 Å². The van der Waals surface area contributed by atoms with E-state index in [9.17, 15) is 9.59 Å². The van der Waals surface area contributed by atoms with Crippen LogP contribution in [-0.2, 0) is 14.3 Å². The monoisotopic (exact) mass is 189 g/mol. The first-order valence-electron chi connectivity index (χ1n) is 4.02. The fourth-order valence-corrected chi connectivity index (χ4v) is 0.596. The number of hydrogen-bond acceptors (Lipinski definition) is 4. The number of nitrogens with one attached hydrogen (secondary N) is 2. The summed E-state index contributed by atoms with van der Waals surface area (Å²) < 4.78 is 4.82. The number of amides is 2. The van der Waals surface area contributed by atoms with Crippen molar-refractivity contribution in [3.8, 4) is 0 Å². The molecule has 0 spiro atoms. The van der Waals surface area contributed by atoms with Crippen molar-refractivity contribution in [1.82, 2.24) is 10.6 Å². The van der Waals surface area contributed by atoms with Gasteiger partial charge in [-0.2, -0.15) is 0 Å². The topological polar surface area (TPSA) is 93.5 Å². The number of hydrogen-bond donors (Lipinski definition) is 3. The highest BCUT2D eigenvalue weighted by Gasteiger charge is 1.99. The molecular weight excluding hydrogens is 174 g/mol. The highest BCUT2D eigenvalue weighted by Crippen LogP contribution is 1.72. The Hall–Kier alpha value is -1.14. The van der Waals surface area contributed by atoms with E-state index >= 15 is 0 Å². The zero-order valence-corrected chi connectivity index (χ0v) is 7.63. The Kier molecular flexibility index (Phi) is 6.85. The van der Waals surface area contributed by atoms with Gasteiger partial charge in [0.2, 0.25) is 11.8 Å². The summed E-state index contributed by atoms with van der Waals surface area (Å²) in [5.41, 5.74) is 5.01. The van der Waals surface area contributed by atoms with E-state index in [0.717, 1.165) is 0 Å². The normalized spacial score (nSPS) is 9.38. The lowest BCUT2D eigenvalue weighted by molar-refractivity contribution is -0.128. The fourth-order valence-electron chi connectivity index (χ4n) is 0.596. The van der Waals surface area contributed by atoms with Crippen molar-refractivity contribution in [1.29, 1.82) is 0 Å². The zero-order chi connectivity index (χ0) is 10.1. The maximum Gasteiger partial charge on any atom is 0.246 e. The van der Waals surface area contributed by atoms with Gasteiger partial charge in [-0.25, -0.2) is 0 Å². The molecule has 0 saturated carbocycles. The van der Waals surface area contributed by atoms with E-state index in [1.807, 2.05) is 6.92 Å². The van der Waals surface area contributed by atoms with Gasteiger partial charge in [0.05, 0.1) is 6.54 Å². The van der Waals surface area contributed by atoms with Crippen LogP contribution in [0.4, 0.5) is 0 Å². The van der Waals surface area contributed by atoms with Gasteiger partial charge in [0.1, 0.15) is 13.3 Å². The van der Waals surface area contributed by atoms with Crippen molar-refractivity contribution in [2.24, 2.45) is 5.73 Å². The van der Waals surface area contributed by atoms with Crippen LogP contribution in [-0.4, -0.2) is 38.2 Å². The molecule has 13 heavy (non-hydrogen) atoms. The molecule has 0 atom stereocenters. The van der Waals surface area contributed by atoms with Gasteiger partial charge in [0.15, 0.2) is 0 Å². The summed E-state index contributed by atoms with van der Waals surface area (Å²) in [6, 6.07) is 0. The molecule has 0 saturated heterocycles. The van der Waals surface area contributed by atoms with Crippen molar-refractivity contribution in [3.63, 3.8) is 0 Å². The predicted octanol–water partition coefficient (Wildman–Crippen LogP) is -1.83. The minimum absolute atomic E-state index is 0.00711. The first-order valence-corrected chi connectivity index (χ1v) is 4.02. The van der Waals surface area contributed by atoms with E-state index < -0.39 is 0 Å². The first kappa shape index (κ1) is 11.9. The summed E-state index contributed by atoms with van der Waals surface area (Å²) in [4.78, 5) is 21.3. The zero-order valence-electron chi connectivity index (χ0n) is 7.63. The van der Waals surface area contributed by atoms with Gasteiger partial charge in [-0.15, -0.1) is 0 Å². The van der Waals surface area contributed by atoms with Crippen LogP contribution in [0, 0.1) is 0 Å². The van der Waals surface area contributed by atoms with Gasteiger partial charge in [-0.1, -0.05) is 0 Å². The molecule has 76 valence electrons. The van der Waals surface area contributed by atoms with E-state index in [1.165, 1.54) is 0 Å². The molecular formula is C7H15N3O3. The molecule has 2 amide bonds. The summed E-state index contributed by atoms with van der Waals surface area (Å²) in [5, 5.41) is 4.91. The summed E-state index contributed by atoms with van der Waals surface area (Å²) in [5.74, 6) is -0.514. The SMILES string of the molecule is CCNC(=O)COCNC(=O)CN. The highest BCUT2D eigenvalue weighted by atomic mass is 16.5. The molecule has 0 aromatic carbocycles. The molecule has 0 aromatic heterocycles. The summed E-state index contributed by atoms with van der Waals surface area (Å²) in [6.45, 7) is 2.25. The lowest BCUT2D eigenvalue weighted by Crippen LogP contribution is -2.34. The average molecular weight is 189 g/mol. The number of likely N-dealkylation sites (N-methyl/N-ethyl adjacent to an activating group) is 1. The van der Waals surface area contributed by atoms with Gasteiger partial charge in [0.25, 0.3) is 0 Å². The molecule has 4 N–H and O–H groups in total. The summed E-state index contributed by atoms with van der Waals surface area (Å²) in [7, 11) is 0. The molecule has 0 bridgehead atoms. The van der Waals surface area contributed by atoms with Crippen LogP contribution in [0.25, 0.3) is 0 Å². The summed E-state index contributed by atoms with van der Waals surface area (Å²) in [6.07, 6.45) is 0. The minimum Gasteiger partial charge on any atom is -0.354 e. The van der Waals surface area contributed by atoms with Gasteiger partial charge < -0.3 is 21.1 Å². The van der Waals surface area contributed by atoms with Gasteiger partial charge >= 0.3 is 0 Å². The Labute approximate surface area is 76.8 Å². The maximum absolute atomic E-state index is 10.8. The first-order chi connectivity index (χ1) is 6.20. The Morgan fingerprint density at radius 1 is 1.31 bits per heavy atom. The fraction of sp³-hybridized carbons (Fsp3) is 0.714. The molecule has 0 heterocycles. The molecule has 0 radical (unpaired) electrons. The standard InChI is InChI=1S/C7H15N3O3/c1-2-9-7(12)4-13-5-10-6(11)3-8/h2-5,8H2,1H3,(H,9,12)(H,10,11). The lowest BCUT2D eigenvalue weighted by Gasteiger charge is -2.04. The Balaban J connectivity index is 3.25. The van der Waals surface area contributed by atoms with E-state index in [2.05, 4.69) is 10.6 Å². The average Bonchev–Trinajstić information content (AvgIpc) is 2.12. The highest BCUT2D eigenvalue weighted by molar-refractivity contribution is 5.78. The van der Waals surface area contributed by atoms with Crippen LogP contribution < -0.4 is 16.4 Å². The van der Waals surface area contributed by atoms with Gasteiger partial charge in [-0.05, 0) is 6.92 Å². The number of ether oxygens (including phenoxy) is 1. The third-order valence-electron chi connectivity index (χ3n) is 1.16. The Bertz CT molecular complexity index is 172. The smallest absolute Gasteiger partial charge is 0.246 e. The van der Waals surface area contributed by atoms with E-state index in [4.69, 9.17) is 10.5 Å². The molecule has 0 fully saturated rings. The number of nitrogens with two attached hydrogens (primary N) is 1. The van der Waals surface area contributed by atoms with Crippen LogP contribution in [0.2, 0.25) is 0 Å². The molecule has 6 heteroatoms. The van der Waals surface area contributed by atoms with Crippen LogP contribution in [0.15, 0.2) is 0 Å². The second-order valence-electron chi connectivity index (χ2n) is 2.25. The molecule has 0 unspecified atom stereocenters. The van der Waals surface area contributed by atoms with Crippen LogP contribution in [0.5, 0.6) is 0 Å². The Morgan fingerprint density at radius 3 is 2.54 bits per heavy atom. The minimum atomic E-state index is -0.309. The van der Waals surface area contributed by atoms with E-state index in [1.54, 1.807) is 0 Å². The quantitative estimate of drug-likeness (QED) is 0.338. The van der Waals surface area contributed by atoms with Crippen molar-refractivity contribution in [2.45, 2.75) is 6.92 Å². The molecule has 0 rings (SSSR count). The number of rotatable bonds is 6. The maximum atomic E-state index is 10.8. The number of carbonyl (C=O) groups excluding carboxylic acids is 2. The molecule has 6 nitrogen and oxygen atoms in total. The van der Waals surface area contributed by atoms with Crippen LogP contribution in [0.1, 0.15) is 6.92 Å². The largest absolute Gasteiger partial charge is 0.354 e. The van der Waals surface area contributed by atoms with Gasteiger partial charge in [-0.3, -0.25) is 9.59 Å². The van der Waals surface area contributed by atoms with Crippen molar-refractivity contribution in [3.05, 3.63) is 0 Å². The van der Waals surface area contributed by atoms with Crippen molar-refractivity contribution in [2.75, 3.05) is 26.4 Å². The van der Waals surface area contributed by atoms with E-state index in [0.29, 0.717) is 6.54 Å². The van der Waals surface area contributed by atoms with Gasteiger partial charge in [0, 0.05) is 6.54 Å². The van der Waals surface area contributed by atoms with Crippen molar-refractivity contribution >= 4 is 11.8 Å². The molecule has 0 aliphatic rings. The third kappa shape index (κ3) is 7.23. The van der Waals surface area contributed by atoms with Crippen LogP contribution in [0.3, 0.4) is 0 Å². The Morgan fingerprint density at radius 2 is 2.00 bits per heavy atom. The summed E-state index contributed by atoms with van der Waals surface area (Å²) >= 11 is 0. The van der Waals surface area contributed by atoms with Crippen molar-refractivity contribution < 1.29 is 14.3 Å². The molecule has 0 aliphatic carbocycles. The third-order valence-corrected chi connectivity index (χ3v) is 1.16. The lowest BCUT2D eigenvalue weighted by atomic mass is 10.6. The second kappa shape index (κ2) is 7.51. The number of carbonyl (C=O) groups is 2. The molecule has 0 aromatic rings. The molecule has 0 aliphatic heterocycles. The van der Waals surface area contributed by atoms with E-state index in [-0.39, 0.29) is 31.7 Å². The predicted molar refractivity (Wildman–Crippen MR) is 46.7 cm³/mol.